The zero-order valence-corrected chi connectivity index (χ0v) is 43.3. The highest BCUT2D eigenvalue weighted by molar-refractivity contribution is 5.71. The smallest absolute Gasteiger partial charge is 0.306 e. The van der Waals surface area contributed by atoms with E-state index in [4.69, 9.17) is 14.2 Å². The predicted molar refractivity (Wildman–Crippen MR) is 279 cm³/mol. The van der Waals surface area contributed by atoms with Crippen molar-refractivity contribution in [2.75, 3.05) is 13.2 Å². The third-order valence-corrected chi connectivity index (χ3v) is 12.3. The van der Waals surface area contributed by atoms with Crippen LogP contribution in [0.1, 0.15) is 290 Å². The number of rotatable bonds is 51. The molecule has 0 saturated carbocycles. The maximum absolute atomic E-state index is 12.8. The van der Waals surface area contributed by atoms with E-state index in [2.05, 4.69) is 69.4 Å². The minimum absolute atomic E-state index is 0.0799. The largest absolute Gasteiger partial charge is 0.462 e. The topological polar surface area (TPSA) is 78.9 Å². The van der Waals surface area contributed by atoms with E-state index in [-0.39, 0.29) is 31.1 Å². The van der Waals surface area contributed by atoms with Crippen LogP contribution in [0.25, 0.3) is 0 Å². The average molecular weight is 911 g/mol. The Balaban J connectivity index is 4.17. The Bertz CT molecular complexity index is 1140. The summed E-state index contributed by atoms with van der Waals surface area (Å²) in [7, 11) is 0. The molecular weight excluding hydrogens is 805 g/mol. The quantitative estimate of drug-likeness (QED) is 0.0262. The van der Waals surface area contributed by atoms with E-state index < -0.39 is 6.10 Å². The first kappa shape index (κ1) is 62.4. The summed E-state index contributed by atoms with van der Waals surface area (Å²) < 4.78 is 16.8. The number of hydrogen-bond acceptors (Lipinski definition) is 6. The van der Waals surface area contributed by atoms with Crippen molar-refractivity contribution in [1.82, 2.24) is 0 Å². The SMILES string of the molecule is CC/C=C\C/C=C\C/C=C\C/C=C\CCCCCCC(=O)OC(COC(=O)CCCCCCCCC)COC(=O)CCCCCCCCCCCCCCCCCCCCCCCCC. The van der Waals surface area contributed by atoms with Gasteiger partial charge in [-0.2, -0.15) is 0 Å². The van der Waals surface area contributed by atoms with Crippen LogP contribution in [0.3, 0.4) is 0 Å². The van der Waals surface area contributed by atoms with Crippen molar-refractivity contribution in [1.29, 1.82) is 0 Å². The highest BCUT2D eigenvalue weighted by Gasteiger charge is 2.19. The minimum atomic E-state index is -0.781. The van der Waals surface area contributed by atoms with E-state index in [1.54, 1.807) is 0 Å². The molecule has 0 aromatic heterocycles. The van der Waals surface area contributed by atoms with E-state index in [1.165, 1.54) is 154 Å². The summed E-state index contributed by atoms with van der Waals surface area (Å²) in [5.41, 5.74) is 0. The molecule has 0 aromatic rings. The fourth-order valence-electron chi connectivity index (χ4n) is 8.14. The lowest BCUT2D eigenvalue weighted by atomic mass is 10.0. The Morgan fingerprint density at radius 1 is 0.323 bits per heavy atom. The lowest BCUT2D eigenvalue weighted by Crippen LogP contribution is -2.30. The van der Waals surface area contributed by atoms with E-state index in [9.17, 15) is 14.4 Å². The van der Waals surface area contributed by atoms with Gasteiger partial charge in [0.15, 0.2) is 6.10 Å². The summed E-state index contributed by atoms with van der Waals surface area (Å²) in [6.45, 7) is 6.49. The zero-order chi connectivity index (χ0) is 47.2. The molecule has 6 nitrogen and oxygen atoms in total. The molecule has 0 N–H and O–H groups in total. The third-order valence-electron chi connectivity index (χ3n) is 12.3. The van der Waals surface area contributed by atoms with Crippen molar-refractivity contribution < 1.29 is 28.6 Å². The van der Waals surface area contributed by atoms with Gasteiger partial charge in [-0.3, -0.25) is 14.4 Å². The van der Waals surface area contributed by atoms with Crippen LogP contribution in [0, 0.1) is 0 Å². The Hall–Kier alpha value is -2.63. The van der Waals surface area contributed by atoms with Gasteiger partial charge in [-0.1, -0.05) is 262 Å². The highest BCUT2D eigenvalue weighted by Crippen LogP contribution is 2.17. The van der Waals surface area contributed by atoms with Gasteiger partial charge in [-0.05, 0) is 57.8 Å². The molecule has 0 bridgehead atoms. The average Bonchev–Trinajstić information content (AvgIpc) is 3.30. The van der Waals surface area contributed by atoms with Crippen LogP contribution in [-0.2, 0) is 28.6 Å². The molecule has 0 aliphatic rings. The van der Waals surface area contributed by atoms with Crippen molar-refractivity contribution in [2.24, 2.45) is 0 Å². The molecule has 0 spiro atoms. The summed E-state index contributed by atoms with van der Waals surface area (Å²) in [4.78, 5) is 37.9. The van der Waals surface area contributed by atoms with Crippen molar-refractivity contribution >= 4 is 17.9 Å². The second-order valence-electron chi connectivity index (χ2n) is 18.8. The normalized spacial score (nSPS) is 12.4. The second-order valence-corrected chi connectivity index (χ2v) is 18.8. The fourth-order valence-corrected chi connectivity index (χ4v) is 8.14. The third kappa shape index (κ3) is 52.2. The molecule has 0 fully saturated rings. The first-order valence-electron chi connectivity index (χ1n) is 28.1. The van der Waals surface area contributed by atoms with Crippen LogP contribution < -0.4 is 0 Å². The second kappa shape index (κ2) is 54.0. The van der Waals surface area contributed by atoms with Gasteiger partial charge >= 0.3 is 17.9 Å². The molecule has 0 aromatic carbocycles. The van der Waals surface area contributed by atoms with Crippen molar-refractivity contribution in [3.05, 3.63) is 48.6 Å². The van der Waals surface area contributed by atoms with Crippen molar-refractivity contribution in [2.45, 2.75) is 297 Å². The molecule has 1 unspecified atom stereocenters. The van der Waals surface area contributed by atoms with E-state index in [1.807, 2.05) is 0 Å². The molecule has 0 saturated heterocycles. The summed E-state index contributed by atoms with van der Waals surface area (Å²) in [5, 5.41) is 0. The van der Waals surface area contributed by atoms with Gasteiger partial charge < -0.3 is 14.2 Å². The molecule has 378 valence electrons. The van der Waals surface area contributed by atoms with Crippen LogP contribution in [0.4, 0.5) is 0 Å². The molecule has 0 radical (unpaired) electrons. The molecule has 65 heavy (non-hydrogen) atoms. The lowest BCUT2D eigenvalue weighted by Gasteiger charge is -2.18. The van der Waals surface area contributed by atoms with Gasteiger partial charge in [-0.15, -0.1) is 0 Å². The number of unbranched alkanes of at least 4 members (excludes halogenated alkanes) is 32. The van der Waals surface area contributed by atoms with Gasteiger partial charge in [0.05, 0.1) is 0 Å². The zero-order valence-electron chi connectivity index (χ0n) is 43.3. The molecule has 0 heterocycles. The summed E-state index contributed by atoms with van der Waals surface area (Å²) >= 11 is 0. The van der Waals surface area contributed by atoms with Crippen LogP contribution in [0.15, 0.2) is 48.6 Å². The first-order chi connectivity index (χ1) is 32.0. The maximum atomic E-state index is 12.8. The van der Waals surface area contributed by atoms with Gasteiger partial charge in [0.1, 0.15) is 13.2 Å². The molecule has 0 aliphatic heterocycles. The maximum Gasteiger partial charge on any atom is 0.306 e. The number of allylic oxidation sites excluding steroid dienone is 8. The Labute approximate surface area is 403 Å². The van der Waals surface area contributed by atoms with E-state index in [0.29, 0.717) is 19.3 Å². The minimum Gasteiger partial charge on any atom is -0.462 e. The monoisotopic (exact) mass is 911 g/mol. The van der Waals surface area contributed by atoms with Gasteiger partial charge in [0, 0.05) is 19.3 Å². The molecule has 6 heteroatoms. The Kier molecular flexibility index (Phi) is 51.8. The van der Waals surface area contributed by atoms with Crippen LogP contribution in [-0.4, -0.2) is 37.2 Å². The van der Waals surface area contributed by atoms with E-state index >= 15 is 0 Å². The number of carbonyl (C=O) groups excluding carboxylic acids is 3. The standard InChI is InChI=1S/C59H106O6/c1-4-7-10-13-16-18-20-22-24-26-27-28-29-30-31-33-34-36-38-40-43-46-49-52-58(61)64-55-56(54-63-57(60)51-48-45-42-15-12-9-6-3)65-59(62)53-50-47-44-41-39-37-35-32-25-23-21-19-17-14-11-8-5-2/h8,11,17,19,23,25,35,37,56H,4-7,9-10,12-16,18,20-22,24,26-34,36,38-55H2,1-3H3/b11-8-,19-17-,25-23-,37-35-. The number of carbonyl (C=O) groups is 3. The first-order valence-corrected chi connectivity index (χ1v) is 28.1. The van der Waals surface area contributed by atoms with Gasteiger partial charge in [0.25, 0.3) is 0 Å². The lowest BCUT2D eigenvalue weighted by molar-refractivity contribution is -0.167. The summed E-state index contributed by atoms with van der Waals surface area (Å²) in [6, 6.07) is 0. The number of esters is 3. The molecule has 0 aliphatic carbocycles. The van der Waals surface area contributed by atoms with E-state index in [0.717, 1.165) is 96.3 Å². The summed E-state index contributed by atoms with van der Waals surface area (Å²) in [6.07, 6.45) is 65.6. The Morgan fingerprint density at radius 3 is 0.938 bits per heavy atom. The molecule has 1 atom stereocenters. The van der Waals surface area contributed by atoms with Gasteiger partial charge in [-0.25, -0.2) is 0 Å². The predicted octanol–water partition coefficient (Wildman–Crippen LogP) is 18.7. The summed E-state index contributed by atoms with van der Waals surface area (Å²) in [5.74, 6) is -0.899. The van der Waals surface area contributed by atoms with Crippen LogP contribution in [0.5, 0.6) is 0 Å². The fraction of sp³-hybridized carbons (Fsp3) is 0.814. The van der Waals surface area contributed by atoms with Crippen molar-refractivity contribution in [3.63, 3.8) is 0 Å². The number of ether oxygens (including phenoxy) is 3. The molecule has 0 amide bonds. The number of hydrogen-bond donors (Lipinski definition) is 0. The molecular formula is C59H106O6. The highest BCUT2D eigenvalue weighted by atomic mass is 16.6. The van der Waals surface area contributed by atoms with Gasteiger partial charge in [0.2, 0.25) is 0 Å². The Morgan fingerprint density at radius 2 is 0.600 bits per heavy atom. The molecule has 0 rings (SSSR count). The van der Waals surface area contributed by atoms with Crippen LogP contribution >= 0.6 is 0 Å². The van der Waals surface area contributed by atoms with Crippen LogP contribution in [0.2, 0.25) is 0 Å². The van der Waals surface area contributed by atoms with Crippen molar-refractivity contribution in [3.8, 4) is 0 Å².